The number of hydrogen-bond donors (Lipinski definition) is 0. The Bertz CT molecular complexity index is 166. The fraction of sp³-hybridized carbons (Fsp3) is 0. The zero-order valence-corrected chi connectivity index (χ0v) is 12.4. The molecule has 0 amide bonds. The first kappa shape index (κ1) is 19.5. The molecule has 0 aromatic carbocycles. The van der Waals surface area contributed by atoms with Gasteiger partial charge in [-0.15, -0.1) is 12.4 Å². The Morgan fingerprint density at radius 1 is 0.846 bits per heavy atom. The second-order valence-corrected chi connectivity index (χ2v) is 3.04. The van der Waals surface area contributed by atoms with Crippen molar-refractivity contribution in [3.05, 3.63) is 36.1 Å². The van der Waals surface area contributed by atoms with Crippen LogP contribution in [0, 0.1) is 12.4 Å². The van der Waals surface area contributed by atoms with Gasteiger partial charge in [0.1, 0.15) is 0 Å². The fourth-order valence-corrected chi connectivity index (χ4v) is 1.12. The van der Waals surface area contributed by atoms with Crippen LogP contribution in [0.25, 0.3) is 0 Å². The zero-order valence-electron chi connectivity index (χ0n) is 6.46. The molecule has 7 heteroatoms. The second kappa shape index (κ2) is 15.4. The minimum atomic E-state index is 0. The van der Waals surface area contributed by atoms with E-state index in [0.717, 1.165) is 0 Å². The molecule has 0 aliphatic carbocycles. The molecule has 0 saturated carbocycles. The molecule has 0 radical (unpaired) electrons. The van der Waals surface area contributed by atoms with Crippen molar-refractivity contribution in [1.82, 2.24) is 9.49 Å². The van der Waals surface area contributed by atoms with E-state index < -0.39 is 0 Å². The van der Waals surface area contributed by atoms with E-state index in [1.165, 1.54) is 0 Å². The average molecular weight is 330 g/mol. The molecule has 68 valence electrons. The third-order valence-electron chi connectivity index (χ3n) is 0.723. The summed E-state index contributed by atoms with van der Waals surface area (Å²) in [7, 11) is 1.28. The summed E-state index contributed by atoms with van der Waals surface area (Å²) >= 11 is 0. The van der Waals surface area contributed by atoms with Gasteiger partial charge < -0.3 is 34.3 Å². The number of aromatic nitrogens is 2. The maximum absolute atomic E-state index is 3.75. The van der Waals surface area contributed by atoms with Crippen molar-refractivity contribution in [3.63, 3.8) is 0 Å². The summed E-state index contributed by atoms with van der Waals surface area (Å²) in [6, 6.07) is 3.66. The van der Waals surface area contributed by atoms with Gasteiger partial charge in [0.2, 0.25) is 0 Å². The summed E-state index contributed by atoms with van der Waals surface area (Å²) in [4.78, 5) is 0. The van der Waals surface area contributed by atoms with Gasteiger partial charge in [-0.3, -0.25) is 0 Å². The smallest absolute Gasteiger partial charge is 1.00 e. The minimum Gasteiger partial charge on any atom is -1.00 e. The first-order valence-electron chi connectivity index (χ1n) is 2.72. The largest absolute Gasteiger partial charge is 4.00 e. The quantitative estimate of drug-likeness (QED) is 0.458. The molecular formula is C6H6Cl2N2P2Zr. The van der Waals surface area contributed by atoms with Gasteiger partial charge in [0.25, 0.3) is 0 Å². The van der Waals surface area contributed by atoms with Crippen LogP contribution in [-0.2, 0) is 26.2 Å². The Balaban J connectivity index is -0.000000125. The Morgan fingerprint density at radius 2 is 1.23 bits per heavy atom. The minimum absolute atomic E-state index is 0. The van der Waals surface area contributed by atoms with Crippen LogP contribution in [0.3, 0.4) is 0 Å². The summed E-state index contributed by atoms with van der Waals surface area (Å²) in [5.41, 5.74) is 0. The molecule has 0 saturated heterocycles. The summed E-state index contributed by atoms with van der Waals surface area (Å²) in [5.74, 6) is 3.97. The van der Waals surface area contributed by atoms with E-state index in [9.17, 15) is 0 Å². The molecule has 2 nitrogen and oxygen atoms in total. The Hall–Kier alpha value is 0.883. The van der Waals surface area contributed by atoms with Crippen molar-refractivity contribution in [3.8, 4) is 0 Å². The molecule has 2 atom stereocenters. The molecule has 13 heavy (non-hydrogen) atoms. The molecule has 2 heterocycles. The van der Waals surface area contributed by atoms with Crippen LogP contribution in [0.1, 0.15) is 0 Å². The molecule has 0 fully saturated rings. The second-order valence-electron chi connectivity index (χ2n) is 1.41. The van der Waals surface area contributed by atoms with Gasteiger partial charge in [-0.2, -0.15) is 28.3 Å². The summed E-state index contributed by atoms with van der Waals surface area (Å²) in [5, 5.41) is 0. The van der Waals surface area contributed by atoms with E-state index in [1.807, 2.05) is 23.7 Å². The molecule has 2 aromatic heterocycles. The van der Waals surface area contributed by atoms with Gasteiger partial charge in [0, 0.05) is 0 Å². The molecule has 2 unspecified atom stereocenters. The van der Waals surface area contributed by atoms with Crippen molar-refractivity contribution in [2.24, 2.45) is 0 Å². The van der Waals surface area contributed by atoms with Gasteiger partial charge >= 0.3 is 26.2 Å². The van der Waals surface area contributed by atoms with Crippen LogP contribution in [0.2, 0.25) is 0 Å². The van der Waals surface area contributed by atoms with Crippen molar-refractivity contribution in [2.75, 3.05) is 0 Å². The van der Waals surface area contributed by atoms with E-state index in [-0.39, 0.29) is 51.0 Å². The van der Waals surface area contributed by atoms with Crippen LogP contribution in [0.4, 0.5) is 0 Å². The van der Waals surface area contributed by atoms with Crippen LogP contribution in [-0.4, -0.2) is 9.49 Å². The topological polar surface area (TPSA) is 25.8 Å². The molecule has 0 bridgehead atoms. The predicted octanol–water partition coefficient (Wildman–Crippen LogP) is -4.17. The Labute approximate surface area is 113 Å². The summed E-state index contributed by atoms with van der Waals surface area (Å²) in [6.45, 7) is 0. The van der Waals surface area contributed by atoms with Gasteiger partial charge in [-0.05, 0) is 0 Å². The molecule has 0 N–H and O–H groups in total. The van der Waals surface area contributed by atoms with E-state index >= 15 is 0 Å². The molecule has 0 aliphatic rings. The fourth-order valence-electron chi connectivity index (χ4n) is 0.373. The van der Waals surface area contributed by atoms with Gasteiger partial charge in [-0.25, -0.2) is 12.1 Å². The maximum atomic E-state index is 3.75. The normalized spacial score (nSPS) is 7.38. The summed E-state index contributed by atoms with van der Waals surface area (Å²) < 4.78 is 7.50. The van der Waals surface area contributed by atoms with Crippen LogP contribution >= 0.6 is 16.7 Å². The molecule has 2 rings (SSSR count). The molecule has 0 spiro atoms. The summed E-state index contributed by atoms with van der Waals surface area (Å²) in [6.07, 6.45) is 5.36. The molecular weight excluding hydrogens is 324 g/mol. The van der Waals surface area contributed by atoms with Crippen molar-refractivity contribution in [2.45, 2.75) is 0 Å². The predicted molar refractivity (Wildman–Crippen MR) is 45.1 cm³/mol. The number of rotatable bonds is 0. The first-order valence-corrected chi connectivity index (χ1v) is 4.76. The number of nitrogens with zero attached hydrogens (tertiary/aromatic N) is 2. The number of hydrogen-bond acceptors (Lipinski definition) is 2. The van der Waals surface area contributed by atoms with E-state index in [1.54, 1.807) is 0 Å². The third kappa shape index (κ3) is 12.9. The van der Waals surface area contributed by atoms with Gasteiger partial charge in [-0.1, -0.05) is 0 Å². The van der Waals surface area contributed by atoms with Gasteiger partial charge in [0.15, 0.2) is 0 Å². The van der Waals surface area contributed by atoms with E-state index in [0.29, 0.717) is 16.7 Å². The zero-order chi connectivity index (χ0) is 7.07. The van der Waals surface area contributed by atoms with E-state index in [2.05, 4.69) is 21.9 Å². The third-order valence-corrected chi connectivity index (χ3v) is 1.87. The SMILES string of the molecule is [Cl-].[Cl-].[Zr+4].[c-]1cc[pH]n1.[c-]1cc[pH]n1. The molecule has 2 aromatic rings. The molecule has 0 aliphatic heterocycles. The van der Waals surface area contributed by atoms with Crippen LogP contribution in [0.5, 0.6) is 0 Å². The van der Waals surface area contributed by atoms with Gasteiger partial charge in [0.05, 0.1) is 0 Å². The van der Waals surface area contributed by atoms with Crippen LogP contribution in [0.15, 0.2) is 23.7 Å². The average Bonchev–Trinajstić information content (AvgIpc) is 2.67. The van der Waals surface area contributed by atoms with Crippen molar-refractivity contribution >= 4 is 16.7 Å². The monoisotopic (exact) mass is 328 g/mol. The maximum Gasteiger partial charge on any atom is 4.00 e. The van der Waals surface area contributed by atoms with Crippen LogP contribution < -0.4 is 24.8 Å². The number of halogens is 2. The standard InChI is InChI=1S/2C3H3NP.2ClH.Zr/c2*1-2-4-5-3-1;;;/h2*1,3,5H;2*1H;/q2*-1;;;+4/p-2. The van der Waals surface area contributed by atoms with Crippen molar-refractivity contribution in [1.29, 1.82) is 0 Å². The Morgan fingerprint density at radius 3 is 1.31 bits per heavy atom. The Kier molecular flexibility index (Phi) is 23.0. The van der Waals surface area contributed by atoms with Crippen molar-refractivity contribution < 1.29 is 51.0 Å². The first-order chi connectivity index (χ1) is 5.00. The van der Waals surface area contributed by atoms with E-state index in [4.69, 9.17) is 0 Å².